The molecule has 2 rings (SSSR count). The van der Waals surface area contributed by atoms with Gasteiger partial charge in [-0.2, -0.15) is 0 Å². The van der Waals surface area contributed by atoms with Gasteiger partial charge in [-0.15, -0.1) is 0 Å². The fourth-order valence-electron chi connectivity index (χ4n) is 3.11. The van der Waals surface area contributed by atoms with Gasteiger partial charge in [-0.3, -0.25) is 4.90 Å². The summed E-state index contributed by atoms with van der Waals surface area (Å²) in [6, 6.07) is 8.25. The van der Waals surface area contributed by atoms with Gasteiger partial charge < -0.3 is 20.1 Å². The Morgan fingerprint density at radius 2 is 1.85 bits per heavy atom. The summed E-state index contributed by atoms with van der Waals surface area (Å²) in [7, 11) is 0. The van der Waals surface area contributed by atoms with E-state index in [1.807, 2.05) is 46.8 Å². The van der Waals surface area contributed by atoms with Gasteiger partial charge in [-0.05, 0) is 52.3 Å². The summed E-state index contributed by atoms with van der Waals surface area (Å²) in [6.45, 7) is 13.1. The zero-order chi connectivity index (χ0) is 19.3. The first-order valence-electron chi connectivity index (χ1n) is 9.38. The average Bonchev–Trinajstić information content (AvgIpc) is 2.54. The highest BCUT2D eigenvalue weighted by molar-refractivity contribution is 5.68. The molecule has 0 aliphatic carbocycles. The number of ether oxygens (including phenoxy) is 2. The lowest BCUT2D eigenvalue weighted by Crippen LogP contribution is -2.51. The van der Waals surface area contributed by atoms with Crippen LogP contribution in [0.5, 0.6) is 5.75 Å². The number of nitrogens with two attached hydrogens (primary N) is 1. The number of hydrogen-bond acceptors (Lipinski definition) is 5. The Morgan fingerprint density at radius 1 is 1.19 bits per heavy atom. The summed E-state index contributed by atoms with van der Waals surface area (Å²) in [5.74, 6) is 0.864. The van der Waals surface area contributed by atoms with Crippen molar-refractivity contribution >= 4 is 6.09 Å². The minimum atomic E-state index is -0.467. The average molecular weight is 364 g/mol. The second-order valence-corrected chi connectivity index (χ2v) is 7.99. The number of hydrogen-bond donors (Lipinski definition) is 1. The summed E-state index contributed by atoms with van der Waals surface area (Å²) in [5, 5.41) is 0. The SMILES string of the molecule is CC(C)Oc1cccc(C(CN)N2CCN(C(=O)OC(C)(C)C)CC2)c1. The lowest BCUT2D eigenvalue weighted by atomic mass is 10.0. The van der Waals surface area contributed by atoms with Crippen molar-refractivity contribution in [2.24, 2.45) is 5.73 Å². The van der Waals surface area contributed by atoms with Crippen LogP contribution in [0, 0.1) is 0 Å². The minimum absolute atomic E-state index is 0.117. The van der Waals surface area contributed by atoms with Gasteiger partial charge in [0.1, 0.15) is 11.4 Å². The van der Waals surface area contributed by atoms with Crippen LogP contribution in [0.4, 0.5) is 4.79 Å². The number of piperazine rings is 1. The number of carbonyl (C=O) groups excluding carboxylic acids is 1. The van der Waals surface area contributed by atoms with E-state index >= 15 is 0 Å². The molecule has 1 fully saturated rings. The largest absolute Gasteiger partial charge is 0.491 e. The summed E-state index contributed by atoms with van der Waals surface area (Å²) in [5.41, 5.74) is 6.76. The molecule has 1 amide bonds. The highest BCUT2D eigenvalue weighted by Crippen LogP contribution is 2.25. The molecule has 0 bridgehead atoms. The number of rotatable bonds is 5. The van der Waals surface area contributed by atoms with Crippen LogP contribution in [0.2, 0.25) is 0 Å². The molecule has 1 aromatic rings. The minimum Gasteiger partial charge on any atom is -0.491 e. The van der Waals surface area contributed by atoms with Crippen LogP contribution in [-0.4, -0.2) is 60.3 Å². The van der Waals surface area contributed by atoms with Crippen LogP contribution in [0.15, 0.2) is 24.3 Å². The van der Waals surface area contributed by atoms with E-state index < -0.39 is 5.60 Å². The molecule has 1 aromatic carbocycles. The van der Waals surface area contributed by atoms with E-state index in [1.165, 1.54) is 0 Å². The van der Waals surface area contributed by atoms with E-state index in [0.29, 0.717) is 19.6 Å². The van der Waals surface area contributed by atoms with Gasteiger partial charge in [-0.1, -0.05) is 12.1 Å². The Morgan fingerprint density at radius 3 is 2.38 bits per heavy atom. The molecule has 0 radical (unpaired) electrons. The summed E-state index contributed by atoms with van der Waals surface area (Å²) >= 11 is 0. The Balaban J connectivity index is 1.99. The van der Waals surface area contributed by atoms with Crippen LogP contribution < -0.4 is 10.5 Å². The molecular weight excluding hydrogens is 330 g/mol. The quantitative estimate of drug-likeness (QED) is 0.871. The van der Waals surface area contributed by atoms with E-state index in [9.17, 15) is 4.79 Å². The van der Waals surface area contributed by atoms with Gasteiger partial charge in [0.05, 0.1) is 6.10 Å². The molecular formula is C20H33N3O3. The van der Waals surface area contributed by atoms with Crippen LogP contribution >= 0.6 is 0 Å². The molecule has 0 spiro atoms. The summed E-state index contributed by atoms with van der Waals surface area (Å²) < 4.78 is 11.3. The van der Waals surface area contributed by atoms with Crippen molar-refractivity contribution in [2.45, 2.75) is 52.4 Å². The molecule has 1 saturated heterocycles. The monoisotopic (exact) mass is 363 g/mol. The fourth-order valence-corrected chi connectivity index (χ4v) is 3.11. The summed E-state index contributed by atoms with van der Waals surface area (Å²) in [6.07, 6.45) is -0.104. The molecule has 6 nitrogen and oxygen atoms in total. The molecule has 26 heavy (non-hydrogen) atoms. The molecule has 6 heteroatoms. The predicted molar refractivity (Wildman–Crippen MR) is 103 cm³/mol. The second-order valence-electron chi connectivity index (χ2n) is 7.99. The van der Waals surface area contributed by atoms with Crippen molar-refractivity contribution in [3.05, 3.63) is 29.8 Å². The van der Waals surface area contributed by atoms with Crippen molar-refractivity contribution in [2.75, 3.05) is 32.7 Å². The van der Waals surface area contributed by atoms with Crippen molar-refractivity contribution in [1.29, 1.82) is 0 Å². The zero-order valence-electron chi connectivity index (χ0n) is 16.7. The third kappa shape index (κ3) is 5.88. The van der Waals surface area contributed by atoms with E-state index in [4.69, 9.17) is 15.2 Å². The number of carbonyl (C=O) groups is 1. The fraction of sp³-hybridized carbons (Fsp3) is 0.650. The highest BCUT2D eigenvalue weighted by atomic mass is 16.6. The third-order valence-corrected chi connectivity index (χ3v) is 4.24. The van der Waals surface area contributed by atoms with Gasteiger partial charge in [0, 0.05) is 38.8 Å². The van der Waals surface area contributed by atoms with Crippen molar-refractivity contribution in [3.8, 4) is 5.75 Å². The topological polar surface area (TPSA) is 68.0 Å². The molecule has 146 valence electrons. The number of nitrogens with zero attached hydrogens (tertiary/aromatic N) is 2. The Bertz CT molecular complexity index is 590. The molecule has 0 aromatic heterocycles. The van der Waals surface area contributed by atoms with Gasteiger partial charge in [0.25, 0.3) is 0 Å². The Kier molecular flexibility index (Phi) is 6.89. The first kappa shape index (κ1) is 20.5. The molecule has 1 aliphatic heterocycles. The Hall–Kier alpha value is -1.79. The zero-order valence-corrected chi connectivity index (χ0v) is 16.7. The molecule has 1 unspecified atom stereocenters. The van der Waals surface area contributed by atoms with Gasteiger partial charge in [-0.25, -0.2) is 4.79 Å². The molecule has 1 heterocycles. The Labute approximate surface area is 157 Å². The number of benzene rings is 1. The van der Waals surface area contributed by atoms with E-state index in [2.05, 4.69) is 17.0 Å². The molecule has 1 aliphatic rings. The second kappa shape index (κ2) is 8.73. The van der Waals surface area contributed by atoms with E-state index in [-0.39, 0.29) is 18.2 Å². The van der Waals surface area contributed by atoms with Gasteiger partial charge in [0.15, 0.2) is 0 Å². The maximum absolute atomic E-state index is 12.2. The van der Waals surface area contributed by atoms with E-state index in [1.54, 1.807) is 4.90 Å². The van der Waals surface area contributed by atoms with Crippen LogP contribution in [-0.2, 0) is 4.74 Å². The van der Waals surface area contributed by atoms with Crippen LogP contribution in [0.1, 0.15) is 46.2 Å². The first-order valence-corrected chi connectivity index (χ1v) is 9.38. The van der Waals surface area contributed by atoms with Crippen molar-refractivity contribution in [1.82, 2.24) is 9.80 Å². The molecule has 2 N–H and O–H groups in total. The standard InChI is InChI=1S/C20H33N3O3/c1-15(2)25-17-8-6-7-16(13-17)18(14-21)22-9-11-23(12-10-22)19(24)26-20(3,4)5/h6-8,13,15,18H,9-12,14,21H2,1-5H3. The van der Waals surface area contributed by atoms with Gasteiger partial charge >= 0.3 is 6.09 Å². The van der Waals surface area contributed by atoms with E-state index in [0.717, 1.165) is 24.4 Å². The van der Waals surface area contributed by atoms with Crippen LogP contribution in [0.25, 0.3) is 0 Å². The third-order valence-electron chi connectivity index (χ3n) is 4.24. The highest BCUT2D eigenvalue weighted by Gasteiger charge is 2.29. The molecule has 1 atom stereocenters. The lowest BCUT2D eigenvalue weighted by molar-refractivity contribution is 0.0106. The first-order chi connectivity index (χ1) is 12.2. The predicted octanol–water partition coefficient (Wildman–Crippen LogP) is 3.03. The maximum Gasteiger partial charge on any atom is 0.410 e. The van der Waals surface area contributed by atoms with Crippen LogP contribution in [0.3, 0.4) is 0 Å². The normalized spacial score (nSPS) is 17.3. The smallest absolute Gasteiger partial charge is 0.410 e. The van der Waals surface area contributed by atoms with Crippen molar-refractivity contribution in [3.63, 3.8) is 0 Å². The van der Waals surface area contributed by atoms with Gasteiger partial charge in [0.2, 0.25) is 0 Å². The molecule has 0 saturated carbocycles. The number of amides is 1. The van der Waals surface area contributed by atoms with Crippen molar-refractivity contribution < 1.29 is 14.3 Å². The maximum atomic E-state index is 12.2. The summed E-state index contributed by atoms with van der Waals surface area (Å²) in [4.78, 5) is 16.3. The lowest BCUT2D eigenvalue weighted by Gasteiger charge is -2.39.